The van der Waals surface area contributed by atoms with Crippen molar-refractivity contribution >= 4 is 29.4 Å². The van der Waals surface area contributed by atoms with E-state index in [4.69, 9.17) is 16.7 Å². The minimum atomic E-state index is -0.366. The van der Waals surface area contributed by atoms with Crippen molar-refractivity contribution < 1.29 is 15.0 Å². The second-order valence-electron chi connectivity index (χ2n) is 4.37. The molecule has 0 saturated heterocycles. The number of nitrogens with zero attached hydrogens (tertiary/aromatic N) is 1. The summed E-state index contributed by atoms with van der Waals surface area (Å²) < 4.78 is 0. The maximum Gasteiger partial charge on any atom is 0.259 e. The number of halogens is 1. The second kappa shape index (κ2) is 7.33. The average molecular weight is 320 g/mol. The summed E-state index contributed by atoms with van der Waals surface area (Å²) in [4.78, 5) is 11.6. The number of aromatic hydroxyl groups is 2. The highest BCUT2D eigenvalue weighted by molar-refractivity contribution is 6.33. The van der Waals surface area contributed by atoms with Crippen LogP contribution in [0.25, 0.3) is 0 Å². The van der Waals surface area contributed by atoms with Gasteiger partial charge in [0.25, 0.3) is 5.91 Å². The van der Waals surface area contributed by atoms with Crippen LogP contribution in [0.5, 0.6) is 11.5 Å². The van der Waals surface area contributed by atoms with Crippen LogP contribution in [0.1, 0.15) is 5.56 Å². The molecule has 0 radical (unpaired) electrons. The highest BCUT2D eigenvalue weighted by atomic mass is 35.5. The molecule has 0 spiro atoms. The number of benzene rings is 2. The van der Waals surface area contributed by atoms with E-state index < -0.39 is 0 Å². The van der Waals surface area contributed by atoms with Gasteiger partial charge in [-0.25, -0.2) is 5.43 Å². The number of carbonyl (C=O) groups excluding carboxylic acids is 1. The zero-order valence-corrected chi connectivity index (χ0v) is 12.2. The van der Waals surface area contributed by atoms with Gasteiger partial charge in [0, 0.05) is 11.6 Å². The summed E-state index contributed by atoms with van der Waals surface area (Å²) in [5, 5.41) is 25.8. The van der Waals surface area contributed by atoms with E-state index in [9.17, 15) is 9.90 Å². The van der Waals surface area contributed by atoms with Crippen molar-refractivity contribution in [2.75, 3.05) is 11.9 Å². The number of amides is 1. The van der Waals surface area contributed by atoms with Crippen molar-refractivity contribution in [3.63, 3.8) is 0 Å². The molecule has 2 aromatic rings. The molecule has 0 atom stereocenters. The topological polar surface area (TPSA) is 94.0 Å². The second-order valence-corrected chi connectivity index (χ2v) is 4.78. The van der Waals surface area contributed by atoms with Crippen LogP contribution in [0.2, 0.25) is 5.02 Å². The predicted molar refractivity (Wildman–Crippen MR) is 85.5 cm³/mol. The van der Waals surface area contributed by atoms with Gasteiger partial charge in [-0.1, -0.05) is 23.7 Å². The Kier molecular flexibility index (Phi) is 5.21. The van der Waals surface area contributed by atoms with Crippen molar-refractivity contribution in [2.24, 2.45) is 5.10 Å². The van der Waals surface area contributed by atoms with Crippen LogP contribution < -0.4 is 10.7 Å². The van der Waals surface area contributed by atoms with Gasteiger partial charge in [-0.3, -0.25) is 4.79 Å². The van der Waals surface area contributed by atoms with E-state index in [1.165, 1.54) is 24.4 Å². The summed E-state index contributed by atoms with van der Waals surface area (Å²) in [5.41, 5.74) is 3.34. The quantitative estimate of drug-likeness (QED) is 0.502. The number of hydrogen-bond acceptors (Lipinski definition) is 5. The van der Waals surface area contributed by atoms with E-state index in [-0.39, 0.29) is 24.0 Å². The van der Waals surface area contributed by atoms with Gasteiger partial charge in [-0.15, -0.1) is 0 Å². The molecule has 0 aromatic heterocycles. The zero-order chi connectivity index (χ0) is 15.9. The lowest BCUT2D eigenvalue weighted by molar-refractivity contribution is -0.119. The summed E-state index contributed by atoms with van der Waals surface area (Å²) in [6.07, 6.45) is 1.28. The summed E-state index contributed by atoms with van der Waals surface area (Å²) in [7, 11) is 0. The van der Waals surface area contributed by atoms with Crippen LogP contribution in [0.3, 0.4) is 0 Å². The van der Waals surface area contributed by atoms with Gasteiger partial charge in [0.2, 0.25) is 0 Å². The molecule has 7 heteroatoms. The fourth-order valence-electron chi connectivity index (χ4n) is 1.63. The minimum Gasteiger partial charge on any atom is -0.508 e. The minimum absolute atomic E-state index is 0.00261. The highest BCUT2D eigenvalue weighted by Crippen LogP contribution is 2.21. The Hall–Kier alpha value is -2.73. The molecule has 2 aromatic carbocycles. The third-order valence-electron chi connectivity index (χ3n) is 2.72. The normalized spacial score (nSPS) is 10.6. The molecule has 2 rings (SSSR count). The van der Waals surface area contributed by atoms with E-state index in [1.54, 1.807) is 24.3 Å². The third kappa shape index (κ3) is 4.39. The monoisotopic (exact) mass is 319 g/mol. The van der Waals surface area contributed by atoms with Gasteiger partial charge in [0.15, 0.2) is 0 Å². The summed E-state index contributed by atoms with van der Waals surface area (Å²) in [6, 6.07) is 11.1. The molecule has 1 amide bonds. The molecule has 4 N–H and O–H groups in total. The van der Waals surface area contributed by atoms with E-state index in [0.717, 1.165) is 0 Å². The smallest absolute Gasteiger partial charge is 0.259 e. The van der Waals surface area contributed by atoms with Gasteiger partial charge in [-0.2, -0.15) is 5.10 Å². The molecule has 22 heavy (non-hydrogen) atoms. The van der Waals surface area contributed by atoms with E-state index in [0.29, 0.717) is 16.3 Å². The number of hydrogen-bond donors (Lipinski definition) is 4. The molecule has 0 saturated carbocycles. The fourth-order valence-corrected chi connectivity index (χ4v) is 1.84. The Balaban J connectivity index is 1.85. The SMILES string of the molecule is O=C(CNc1ccccc1Cl)N/N=C\c1ccc(O)cc1O. The first-order chi connectivity index (χ1) is 10.6. The number of para-hydroxylation sites is 1. The predicted octanol–water partition coefficient (Wildman–Crippen LogP) is 2.31. The first-order valence-electron chi connectivity index (χ1n) is 6.38. The lowest BCUT2D eigenvalue weighted by Gasteiger charge is -2.06. The van der Waals surface area contributed by atoms with Crippen molar-refractivity contribution in [1.82, 2.24) is 5.43 Å². The molecule has 114 valence electrons. The number of nitrogens with one attached hydrogen (secondary N) is 2. The number of hydrazone groups is 1. The molecular weight excluding hydrogens is 306 g/mol. The van der Waals surface area contributed by atoms with Crippen LogP contribution in [0.15, 0.2) is 47.6 Å². The number of phenols is 2. The highest BCUT2D eigenvalue weighted by Gasteiger charge is 2.03. The summed E-state index contributed by atoms with van der Waals surface area (Å²) >= 11 is 5.95. The Morgan fingerprint density at radius 3 is 2.73 bits per heavy atom. The maximum atomic E-state index is 11.6. The summed E-state index contributed by atoms with van der Waals surface area (Å²) in [5.74, 6) is -0.552. The number of phenolic OH excluding ortho intramolecular Hbond substituents is 2. The third-order valence-corrected chi connectivity index (χ3v) is 3.05. The number of carbonyl (C=O) groups is 1. The maximum absolute atomic E-state index is 11.6. The summed E-state index contributed by atoms with van der Waals surface area (Å²) in [6.45, 7) is 0.00261. The molecule has 0 aliphatic rings. The Labute approximate surface area is 132 Å². The Bertz CT molecular complexity index is 704. The molecule has 6 nitrogen and oxygen atoms in total. The molecule has 0 fully saturated rings. The molecule has 0 aliphatic carbocycles. The van der Waals surface area contributed by atoms with Crippen LogP contribution in [0, 0.1) is 0 Å². The van der Waals surface area contributed by atoms with Crippen LogP contribution >= 0.6 is 11.6 Å². The van der Waals surface area contributed by atoms with Crippen molar-refractivity contribution in [3.05, 3.63) is 53.1 Å². The molecular formula is C15H14ClN3O3. The van der Waals surface area contributed by atoms with Crippen molar-refractivity contribution in [1.29, 1.82) is 0 Å². The van der Waals surface area contributed by atoms with Crippen molar-refractivity contribution in [2.45, 2.75) is 0 Å². The van der Waals surface area contributed by atoms with E-state index in [1.807, 2.05) is 0 Å². The van der Waals surface area contributed by atoms with Crippen molar-refractivity contribution in [3.8, 4) is 11.5 Å². The molecule has 0 unspecified atom stereocenters. The largest absolute Gasteiger partial charge is 0.508 e. The Morgan fingerprint density at radius 2 is 2.00 bits per heavy atom. The standard InChI is InChI=1S/C15H14ClN3O3/c16-12-3-1-2-4-13(12)17-9-15(22)19-18-8-10-5-6-11(20)7-14(10)21/h1-8,17,20-21H,9H2,(H,19,22)/b18-8-. The number of anilines is 1. The van der Waals surface area contributed by atoms with Gasteiger partial charge < -0.3 is 15.5 Å². The first kappa shape index (κ1) is 15.7. The van der Waals surface area contributed by atoms with Gasteiger partial charge in [-0.05, 0) is 24.3 Å². The lowest BCUT2D eigenvalue weighted by Crippen LogP contribution is -2.25. The van der Waals surface area contributed by atoms with Crippen LogP contribution in [0.4, 0.5) is 5.69 Å². The molecule has 0 bridgehead atoms. The number of rotatable bonds is 5. The lowest BCUT2D eigenvalue weighted by atomic mass is 10.2. The van der Waals surface area contributed by atoms with Gasteiger partial charge >= 0.3 is 0 Å². The fraction of sp³-hybridized carbons (Fsp3) is 0.0667. The Morgan fingerprint density at radius 1 is 1.23 bits per heavy atom. The van der Waals surface area contributed by atoms with Crippen LogP contribution in [-0.2, 0) is 4.79 Å². The zero-order valence-electron chi connectivity index (χ0n) is 11.5. The first-order valence-corrected chi connectivity index (χ1v) is 6.76. The molecule has 0 aliphatic heterocycles. The van der Waals surface area contributed by atoms with Crippen LogP contribution in [-0.4, -0.2) is 28.9 Å². The van der Waals surface area contributed by atoms with Gasteiger partial charge in [0.05, 0.1) is 23.5 Å². The molecule has 0 heterocycles. The van der Waals surface area contributed by atoms with E-state index in [2.05, 4.69) is 15.8 Å². The van der Waals surface area contributed by atoms with Gasteiger partial charge in [0.1, 0.15) is 11.5 Å². The van der Waals surface area contributed by atoms with E-state index >= 15 is 0 Å². The average Bonchev–Trinajstić information content (AvgIpc) is 2.49.